The molecular formula is C6H15BrOZn. The molecule has 0 aromatic heterocycles. The van der Waals surface area contributed by atoms with Crippen LogP contribution in [0.1, 0.15) is 20.8 Å². The van der Waals surface area contributed by atoms with Crippen LogP contribution in [0.25, 0.3) is 0 Å². The summed E-state index contributed by atoms with van der Waals surface area (Å²) in [5, 5.41) is 3.06. The third-order valence-electron chi connectivity index (χ3n) is 0.816. The van der Waals surface area contributed by atoms with Gasteiger partial charge in [0, 0.05) is 0 Å². The molecule has 9 heavy (non-hydrogen) atoms. The van der Waals surface area contributed by atoms with Gasteiger partial charge in [0.15, 0.2) is 0 Å². The van der Waals surface area contributed by atoms with Crippen molar-refractivity contribution in [3.8, 4) is 0 Å². The van der Waals surface area contributed by atoms with E-state index in [0.29, 0.717) is 0 Å². The Labute approximate surface area is 74.6 Å². The Balaban J connectivity index is 0. The molecule has 0 bridgehead atoms. The fourth-order valence-electron chi connectivity index (χ4n) is 0.354. The van der Waals surface area contributed by atoms with Crippen LogP contribution in [0, 0.1) is 0 Å². The first-order valence-corrected chi connectivity index (χ1v) is 8.41. The van der Waals surface area contributed by atoms with Crippen molar-refractivity contribution in [2.24, 2.45) is 0 Å². The van der Waals surface area contributed by atoms with E-state index in [-0.39, 0.29) is 17.1 Å². The van der Waals surface area contributed by atoms with Gasteiger partial charge in [0.05, 0.1) is 22.9 Å². The summed E-state index contributed by atoms with van der Waals surface area (Å²) in [5.41, 5.74) is 0. The second-order valence-electron chi connectivity index (χ2n) is 1.75. The van der Waals surface area contributed by atoms with Crippen molar-refractivity contribution in [1.29, 1.82) is 0 Å². The molecule has 0 N–H and O–H groups in total. The van der Waals surface area contributed by atoms with E-state index in [1.165, 1.54) is 10.0 Å². The van der Waals surface area contributed by atoms with Gasteiger partial charge >= 0.3 is 41.0 Å². The van der Waals surface area contributed by atoms with Crippen LogP contribution in [-0.4, -0.2) is 6.61 Å². The van der Waals surface area contributed by atoms with Crippen LogP contribution in [0.5, 0.6) is 0 Å². The van der Waals surface area contributed by atoms with Gasteiger partial charge in [0.25, 0.3) is 0 Å². The molecule has 0 saturated heterocycles. The van der Waals surface area contributed by atoms with Crippen molar-refractivity contribution >= 4 is 16.3 Å². The molecule has 0 aromatic carbocycles. The Hall–Kier alpha value is 1.06. The SMILES string of the molecule is CCOBr.C[CH2][Zn][CH2]C. The summed E-state index contributed by atoms with van der Waals surface area (Å²) in [6.07, 6.45) is 0. The second-order valence-corrected chi connectivity index (χ2v) is 7.89. The number of rotatable bonds is 3. The van der Waals surface area contributed by atoms with E-state index in [1.807, 2.05) is 6.92 Å². The molecule has 0 aliphatic rings. The van der Waals surface area contributed by atoms with Gasteiger partial charge in [-0.25, -0.2) is 0 Å². The van der Waals surface area contributed by atoms with Crippen LogP contribution < -0.4 is 0 Å². The van der Waals surface area contributed by atoms with Crippen molar-refractivity contribution in [3.63, 3.8) is 0 Å². The van der Waals surface area contributed by atoms with E-state index in [1.54, 1.807) is 0 Å². The van der Waals surface area contributed by atoms with Gasteiger partial charge in [0.2, 0.25) is 0 Å². The van der Waals surface area contributed by atoms with E-state index in [0.717, 1.165) is 6.61 Å². The average Bonchev–Trinajstić information content (AvgIpc) is 1.91. The molecule has 54 valence electrons. The van der Waals surface area contributed by atoms with E-state index < -0.39 is 0 Å². The van der Waals surface area contributed by atoms with Gasteiger partial charge in [-0.3, -0.25) is 0 Å². The van der Waals surface area contributed by atoms with Crippen LogP contribution in [0.3, 0.4) is 0 Å². The van der Waals surface area contributed by atoms with Crippen molar-refractivity contribution < 1.29 is 21.0 Å². The van der Waals surface area contributed by atoms with Crippen molar-refractivity contribution in [1.82, 2.24) is 0 Å². The zero-order valence-corrected chi connectivity index (χ0v) is 11.2. The van der Waals surface area contributed by atoms with E-state index in [2.05, 4.69) is 33.9 Å². The number of halogens is 1. The first-order valence-electron chi connectivity index (χ1n) is 3.56. The van der Waals surface area contributed by atoms with E-state index >= 15 is 0 Å². The molecule has 0 heterocycles. The van der Waals surface area contributed by atoms with Crippen molar-refractivity contribution in [2.75, 3.05) is 6.61 Å². The third-order valence-corrected chi connectivity index (χ3v) is 4.24. The average molecular weight is 248 g/mol. The van der Waals surface area contributed by atoms with Crippen molar-refractivity contribution in [2.45, 2.75) is 30.8 Å². The van der Waals surface area contributed by atoms with Gasteiger partial charge in [-0.2, -0.15) is 0 Å². The molecule has 0 atom stereocenters. The molecule has 0 saturated carbocycles. The molecule has 0 aliphatic heterocycles. The topological polar surface area (TPSA) is 9.23 Å². The van der Waals surface area contributed by atoms with Gasteiger partial charge in [-0.1, -0.05) is 0 Å². The normalized spacial score (nSPS) is 7.11. The molecule has 1 nitrogen and oxygen atoms in total. The van der Waals surface area contributed by atoms with Crippen molar-refractivity contribution in [3.05, 3.63) is 0 Å². The summed E-state index contributed by atoms with van der Waals surface area (Å²) in [6, 6.07) is 0. The quantitative estimate of drug-likeness (QED) is 0.697. The van der Waals surface area contributed by atoms with Crippen LogP contribution in [-0.2, 0) is 21.0 Å². The van der Waals surface area contributed by atoms with E-state index in [4.69, 9.17) is 0 Å². The molecular weight excluding hydrogens is 233 g/mol. The molecule has 0 rings (SSSR count). The van der Waals surface area contributed by atoms with Gasteiger partial charge in [-0.05, 0) is 6.92 Å². The molecule has 0 fully saturated rings. The van der Waals surface area contributed by atoms with Crippen LogP contribution in [0.2, 0.25) is 10.0 Å². The Kier molecular flexibility index (Phi) is 22.6. The molecule has 3 heteroatoms. The Morgan fingerprint density at radius 1 is 1.22 bits per heavy atom. The zero-order valence-electron chi connectivity index (χ0n) is 6.61. The van der Waals surface area contributed by atoms with Gasteiger partial charge in [-0.15, -0.1) is 0 Å². The third kappa shape index (κ3) is 27.4. The molecule has 0 aliphatic carbocycles. The van der Waals surface area contributed by atoms with E-state index in [9.17, 15) is 0 Å². The van der Waals surface area contributed by atoms with Crippen LogP contribution >= 0.6 is 16.3 Å². The Morgan fingerprint density at radius 2 is 1.56 bits per heavy atom. The summed E-state index contributed by atoms with van der Waals surface area (Å²) in [5.74, 6) is 0. The van der Waals surface area contributed by atoms with Crippen LogP contribution in [0.4, 0.5) is 0 Å². The fraction of sp³-hybridized carbons (Fsp3) is 1.00. The Bertz CT molecular complexity index is 32.2. The molecule has 0 radical (unpaired) electrons. The minimum atomic E-state index is 0.0972. The Morgan fingerprint density at radius 3 is 1.56 bits per heavy atom. The maximum absolute atomic E-state index is 4.35. The molecule has 0 spiro atoms. The second kappa shape index (κ2) is 16.0. The zero-order chi connectivity index (χ0) is 7.54. The minimum absolute atomic E-state index is 0.0972. The predicted molar refractivity (Wildman–Crippen MR) is 41.5 cm³/mol. The van der Waals surface area contributed by atoms with Gasteiger partial charge in [0.1, 0.15) is 0 Å². The summed E-state index contributed by atoms with van der Waals surface area (Å²) >= 11 is 2.85. The monoisotopic (exact) mass is 246 g/mol. The molecule has 0 unspecified atom stereocenters. The number of hydrogen-bond donors (Lipinski definition) is 0. The van der Waals surface area contributed by atoms with Gasteiger partial charge < -0.3 is 3.83 Å². The van der Waals surface area contributed by atoms with Crippen LogP contribution in [0.15, 0.2) is 0 Å². The predicted octanol–water partition coefficient (Wildman–Crippen LogP) is 3.28. The first kappa shape index (κ1) is 12.7. The number of hydrogen-bond acceptors (Lipinski definition) is 1. The standard InChI is InChI=1S/C2H5BrO.2C2H5.Zn/c1-2-4-3;2*1-2;/h2H2,1H3;2*1H2,2H3;. The maximum atomic E-state index is 4.35. The molecule has 0 aromatic rings. The molecule has 0 amide bonds. The first-order chi connectivity index (χ1) is 4.33. The summed E-state index contributed by atoms with van der Waals surface area (Å²) in [4.78, 5) is 0. The fourth-order valence-corrected chi connectivity index (χ4v) is 1.84. The summed E-state index contributed by atoms with van der Waals surface area (Å²) in [7, 11) is 0. The summed E-state index contributed by atoms with van der Waals surface area (Å²) < 4.78 is 4.35. The summed E-state index contributed by atoms with van der Waals surface area (Å²) in [6.45, 7) is 7.24.